The first kappa shape index (κ1) is 59.3. The Morgan fingerprint density at radius 1 is 0.500 bits per heavy atom. The SMILES string of the molecule is CC/C=C/C/C=C/C/C=C/C/C=C/CCCCC(=O)O[C@H](COC(=O)CCCCC/C=C/CCCCCCCCCC)CO[C@@H]1O[C@H](CO[C@@H]2O[C@H](CO)[C@H](O)C(O)C2O)[C@H](O)C(O)C1O. The second-order valence-electron chi connectivity index (χ2n) is 17.3. The number of ether oxygens (including phenoxy) is 6. The Balaban J connectivity index is 1.85. The van der Waals surface area contributed by atoms with Gasteiger partial charge in [0, 0.05) is 12.8 Å². The molecule has 380 valence electrons. The number of hydrogen-bond donors (Lipinski definition) is 7. The number of rotatable bonds is 37. The number of carbonyl (C=O) groups is 2. The van der Waals surface area contributed by atoms with E-state index in [1.54, 1.807) is 0 Å². The van der Waals surface area contributed by atoms with Gasteiger partial charge in [0.25, 0.3) is 0 Å². The highest BCUT2D eigenvalue weighted by molar-refractivity contribution is 5.70. The monoisotopic (exact) mass is 939 g/mol. The maximum absolute atomic E-state index is 13.0. The first-order valence-electron chi connectivity index (χ1n) is 24.9. The van der Waals surface area contributed by atoms with E-state index in [2.05, 4.69) is 74.6 Å². The third-order valence-electron chi connectivity index (χ3n) is 11.5. The zero-order valence-electron chi connectivity index (χ0n) is 39.9. The van der Waals surface area contributed by atoms with Gasteiger partial charge in [-0.05, 0) is 77.0 Å². The van der Waals surface area contributed by atoms with Gasteiger partial charge in [0.05, 0.1) is 19.8 Å². The number of carbonyl (C=O) groups excluding carboxylic acids is 2. The Morgan fingerprint density at radius 2 is 0.955 bits per heavy atom. The largest absolute Gasteiger partial charge is 0.462 e. The molecule has 2 aliphatic heterocycles. The summed E-state index contributed by atoms with van der Waals surface area (Å²) in [4.78, 5) is 25.7. The number of aliphatic hydroxyl groups excluding tert-OH is 7. The molecule has 0 amide bonds. The lowest BCUT2D eigenvalue weighted by Crippen LogP contribution is -2.61. The van der Waals surface area contributed by atoms with E-state index >= 15 is 0 Å². The van der Waals surface area contributed by atoms with Crippen molar-refractivity contribution in [2.75, 3.05) is 26.4 Å². The van der Waals surface area contributed by atoms with Gasteiger partial charge in [0.1, 0.15) is 55.4 Å². The average molecular weight is 939 g/mol. The highest BCUT2D eigenvalue weighted by atomic mass is 16.7. The molecule has 2 rings (SSSR count). The molecular formula is C51H86O15. The molecule has 2 saturated heterocycles. The van der Waals surface area contributed by atoms with Crippen LogP contribution in [0, 0.1) is 0 Å². The maximum atomic E-state index is 13.0. The topological polar surface area (TPSA) is 231 Å². The van der Waals surface area contributed by atoms with Gasteiger partial charge in [0.2, 0.25) is 0 Å². The summed E-state index contributed by atoms with van der Waals surface area (Å²) in [7, 11) is 0. The molecule has 15 heteroatoms. The van der Waals surface area contributed by atoms with Gasteiger partial charge in [0.15, 0.2) is 18.7 Å². The third-order valence-corrected chi connectivity index (χ3v) is 11.5. The van der Waals surface area contributed by atoms with Crippen molar-refractivity contribution in [3.63, 3.8) is 0 Å². The van der Waals surface area contributed by atoms with Crippen LogP contribution in [0.3, 0.4) is 0 Å². The molecule has 2 heterocycles. The molecule has 0 aromatic rings. The Labute approximate surface area is 394 Å². The highest BCUT2D eigenvalue weighted by Gasteiger charge is 2.47. The quantitative estimate of drug-likeness (QED) is 0.0201. The van der Waals surface area contributed by atoms with Crippen LogP contribution in [0.2, 0.25) is 0 Å². The second-order valence-corrected chi connectivity index (χ2v) is 17.3. The zero-order valence-corrected chi connectivity index (χ0v) is 39.9. The molecule has 2 aliphatic rings. The van der Waals surface area contributed by atoms with Crippen molar-refractivity contribution in [2.45, 2.75) is 223 Å². The summed E-state index contributed by atoms with van der Waals surface area (Å²) in [6.45, 7) is 2.39. The molecule has 0 aromatic heterocycles. The van der Waals surface area contributed by atoms with Crippen LogP contribution in [0.5, 0.6) is 0 Å². The van der Waals surface area contributed by atoms with Crippen molar-refractivity contribution in [2.24, 2.45) is 0 Å². The number of unbranched alkanes of at least 4 members (excludes halogenated alkanes) is 13. The molecule has 0 radical (unpaired) electrons. The summed E-state index contributed by atoms with van der Waals surface area (Å²) in [5.41, 5.74) is 0. The van der Waals surface area contributed by atoms with Gasteiger partial charge in [-0.3, -0.25) is 9.59 Å². The van der Waals surface area contributed by atoms with E-state index in [-0.39, 0.29) is 19.4 Å². The summed E-state index contributed by atoms with van der Waals surface area (Å²) in [6.07, 6.45) is 25.4. The fourth-order valence-corrected chi connectivity index (χ4v) is 7.38. The van der Waals surface area contributed by atoms with Crippen LogP contribution >= 0.6 is 0 Å². The predicted molar refractivity (Wildman–Crippen MR) is 252 cm³/mol. The predicted octanol–water partition coefficient (Wildman–Crippen LogP) is 6.49. The van der Waals surface area contributed by atoms with Crippen LogP contribution < -0.4 is 0 Å². The average Bonchev–Trinajstić information content (AvgIpc) is 3.31. The van der Waals surface area contributed by atoms with E-state index in [9.17, 15) is 45.3 Å². The Hall–Kier alpha value is -2.80. The molecule has 0 saturated carbocycles. The van der Waals surface area contributed by atoms with E-state index in [1.165, 1.54) is 51.4 Å². The summed E-state index contributed by atoms with van der Waals surface area (Å²) in [5.74, 6) is -0.997. The smallest absolute Gasteiger partial charge is 0.306 e. The van der Waals surface area contributed by atoms with Crippen LogP contribution in [0.25, 0.3) is 0 Å². The molecule has 0 aromatic carbocycles. The molecule has 11 atom stereocenters. The first-order valence-corrected chi connectivity index (χ1v) is 24.9. The molecular weight excluding hydrogens is 853 g/mol. The van der Waals surface area contributed by atoms with Crippen molar-refractivity contribution in [1.29, 1.82) is 0 Å². The van der Waals surface area contributed by atoms with Crippen molar-refractivity contribution in [3.8, 4) is 0 Å². The minimum Gasteiger partial charge on any atom is -0.462 e. The van der Waals surface area contributed by atoms with Crippen LogP contribution in [-0.2, 0) is 38.0 Å². The molecule has 66 heavy (non-hydrogen) atoms. The van der Waals surface area contributed by atoms with Crippen molar-refractivity contribution in [3.05, 3.63) is 60.8 Å². The number of hydrogen-bond acceptors (Lipinski definition) is 15. The van der Waals surface area contributed by atoms with Crippen molar-refractivity contribution < 1.29 is 73.8 Å². The lowest BCUT2D eigenvalue weighted by Gasteiger charge is -2.42. The van der Waals surface area contributed by atoms with Gasteiger partial charge < -0.3 is 64.2 Å². The van der Waals surface area contributed by atoms with Gasteiger partial charge in [-0.25, -0.2) is 0 Å². The number of esters is 2. The summed E-state index contributed by atoms with van der Waals surface area (Å²) < 4.78 is 33.5. The number of aliphatic hydroxyl groups is 7. The van der Waals surface area contributed by atoms with E-state index < -0.39 is 99.3 Å². The summed E-state index contributed by atoms with van der Waals surface area (Å²) in [5, 5.41) is 72.0. The minimum absolute atomic E-state index is 0.108. The number of allylic oxidation sites excluding steroid dienone is 10. The Bertz CT molecular complexity index is 1380. The fraction of sp³-hybridized carbons (Fsp3) is 0.765. The van der Waals surface area contributed by atoms with Crippen LogP contribution in [0.1, 0.15) is 155 Å². The van der Waals surface area contributed by atoms with E-state index in [0.29, 0.717) is 12.8 Å². The second kappa shape index (κ2) is 38.1. The Kier molecular flexibility index (Phi) is 34.2. The minimum atomic E-state index is -1.78. The standard InChI is InChI=1S/C51H86O15/c1-3-5-7-9-11-13-15-17-19-21-23-25-27-29-31-33-42(53)61-36-39(64-43(54)34-32-30-28-26-24-22-20-18-16-14-12-10-8-6-4-2)37-62-50-49(60)47(58)45(56)41(66-50)38-63-51-48(59)46(57)44(55)40(35-52)65-51/h6,8,12,14,18,20-21,23-24,26,39-41,44-52,55-60H,3-5,7,9-11,13,15-17,19,22,25,27-38H2,1-2H3/b8-6+,14-12+,20-18+,23-21+,26-24+/t39-,40-,41-,44+,45+,46?,47?,48?,49?,50-,51-/m1/s1. The lowest BCUT2D eigenvalue weighted by molar-refractivity contribution is -0.332. The normalized spacial score (nSPS) is 26.7. The van der Waals surface area contributed by atoms with Gasteiger partial charge in [-0.2, -0.15) is 0 Å². The maximum Gasteiger partial charge on any atom is 0.306 e. The van der Waals surface area contributed by atoms with Crippen LogP contribution in [0.15, 0.2) is 60.8 Å². The lowest BCUT2D eigenvalue weighted by atomic mass is 9.98. The third kappa shape index (κ3) is 26.1. The van der Waals surface area contributed by atoms with Crippen molar-refractivity contribution >= 4 is 11.9 Å². The van der Waals surface area contributed by atoms with Crippen molar-refractivity contribution in [1.82, 2.24) is 0 Å². The van der Waals surface area contributed by atoms with Gasteiger partial charge in [-0.1, -0.05) is 126 Å². The Morgan fingerprint density at radius 3 is 1.55 bits per heavy atom. The van der Waals surface area contributed by atoms with Crippen LogP contribution in [-0.4, -0.2) is 142 Å². The summed E-state index contributed by atoms with van der Waals surface area (Å²) >= 11 is 0. The van der Waals surface area contributed by atoms with E-state index in [0.717, 1.165) is 64.2 Å². The molecule has 0 spiro atoms. The van der Waals surface area contributed by atoms with Gasteiger partial charge >= 0.3 is 11.9 Å². The molecule has 0 aliphatic carbocycles. The molecule has 7 N–H and O–H groups in total. The highest BCUT2D eigenvalue weighted by Crippen LogP contribution is 2.26. The fourth-order valence-electron chi connectivity index (χ4n) is 7.38. The van der Waals surface area contributed by atoms with Crippen LogP contribution in [0.4, 0.5) is 0 Å². The van der Waals surface area contributed by atoms with Gasteiger partial charge in [-0.15, -0.1) is 0 Å². The zero-order chi connectivity index (χ0) is 48.2. The molecule has 4 unspecified atom stereocenters. The van der Waals surface area contributed by atoms with E-state index in [1.807, 2.05) is 0 Å². The first-order chi connectivity index (χ1) is 32.0. The van der Waals surface area contributed by atoms with E-state index in [4.69, 9.17) is 28.4 Å². The molecule has 0 bridgehead atoms. The summed E-state index contributed by atoms with van der Waals surface area (Å²) in [6, 6.07) is 0. The molecule has 15 nitrogen and oxygen atoms in total. The molecule has 2 fully saturated rings.